The molecule has 3 rings (SSSR count). The molecule has 0 aliphatic carbocycles. The van der Waals surface area contributed by atoms with Crippen LogP contribution in [0.15, 0.2) is 48.5 Å². The Hall–Kier alpha value is -3.39. The van der Waals surface area contributed by atoms with E-state index in [2.05, 4.69) is 16.0 Å². The molecular formula is C23H28N4O4. The van der Waals surface area contributed by atoms with Gasteiger partial charge in [-0.2, -0.15) is 0 Å². The monoisotopic (exact) mass is 424 g/mol. The number of methoxy groups -OCH3 is 1. The first kappa shape index (κ1) is 22.3. The molecule has 8 nitrogen and oxygen atoms in total. The van der Waals surface area contributed by atoms with Crippen molar-refractivity contribution in [1.82, 2.24) is 10.2 Å². The van der Waals surface area contributed by atoms with E-state index in [0.717, 1.165) is 25.9 Å². The molecule has 31 heavy (non-hydrogen) atoms. The molecule has 1 saturated heterocycles. The van der Waals surface area contributed by atoms with E-state index in [0.29, 0.717) is 35.7 Å². The van der Waals surface area contributed by atoms with Gasteiger partial charge in [0, 0.05) is 49.2 Å². The lowest BCUT2D eigenvalue weighted by molar-refractivity contribution is -0.114. The zero-order valence-electron chi connectivity index (χ0n) is 17.6. The van der Waals surface area contributed by atoms with E-state index in [1.807, 2.05) is 4.90 Å². The smallest absolute Gasteiger partial charge is 0.253 e. The van der Waals surface area contributed by atoms with E-state index in [1.54, 1.807) is 55.6 Å². The van der Waals surface area contributed by atoms with Crippen molar-refractivity contribution in [2.24, 2.45) is 0 Å². The summed E-state index contributed by atoms with van der Waals surface area (Å²) < 4.78 is 4.92. The first-order valence-electron chi connectivity index (χ1n) is 10.4. The Morgan fingerprint density at radius 3 is 2.39 bits per heavy atom. The average molecular weight is 425 g/mol. The van der Waals surface area contributed by atoms with Crippen LogP contribution in [0, 0.1) is 0 Å². The lowest BCUT2D eigenvalue weighted by Crippen LogP contribution is -2.28. The van der Waals surface area contributed by atoms with Crippen molar-refractivity contribution in [3.05, 3.63) is 59.7 Å². The van der Waals surface area contributed by atoms with Gasteiger partial charge in [-0.1, -0.05) is 12.1 Å². The summed E-state index contributed by atoms with van der Waals surface area (Å²) in [7, 11) is 1.57. The molecule has 2 aromatic carbocycles. The van der Waals surface area contributed by atoms with Gasteiger partial charge in [-0.05, 0) is 49.2 Å². The fourth-order valence-corrected chi connectivity index (χ4v) is 3.36. The van der Waals surface area contributed by atoms with Crippen LogP contribution in [0.25, 0.3) is 0 Å². The van der Waals surface area contributed by atoms with Crippen LogP contribution in [0.4, 0.5) is 11.4 Å². The second-order valence-corrected chi connectivity index (χ2v) is 7.31. The van der Waals surface area contributed by atoms with Crippen molar-refractivity contribution in [3.8, 4) is 0 Å². The molecule has 0 bridgehead atoms. The summed E-state index contributed by atoms with van der Waals surface area (Å²) >= 11 is 0. The number of benzene rings is 2. The summed E-state index contributed by atoms with van der Waals surface area (Å²) in [6.07, 6.45) is 2.06. The second-order valence-electron chi connectivity index (χ2n) is 7.31. The Morgan fingerprint density at radius 1 is 0.968 bits per heavy atom. The number of nitrogens with one attached hydrogen (secondary N) is 3. The molecule has 1 aliphatic heterocycles. The maximum atomic E-state index is 12.5. The number of hydrogen-bond donors (Lipinski definition) is 3. The zero-order valence-corrected chi connectivity index (χ0v) is 17.6. The predicted octanol–water partition coefficient (Wildman–Crippen LogP) is 2.35. The first-order chi connectivity index (χ1) is 15.1. The van der Waals surface area contributed by atoms with Crippen LogP contribution in [0.5, 0.6) is 0 Å². The maximum Gasteiger partial charge on any atom is 0.253 e. The lowest BCUT2D eigenvalue weighted by atomic mass is 10.1. The normalized spacial score (nSPS) is 13.0. The number of rotatable bonds is 9. The van der Waals surface area contributed by atoms with E-state index < -0.39 is 0 Å². The van der Waals surface area contributed by atoms with Crippen LogP contribution < -0.4 is 16.0 Å². The Balaban J connectivity index is 1.52. The van der Waals surface area contributed by atoms with Crippen molar-refractivity contribution in [1.29, 1.82) is 0 Å². The number of ether oxygens (including phenoxy) is 1. The Kier molecular flexibility index (Phi) is 8.00. The van der Waals surface area contributed by atoms with Crippen LogP contribution in [0.3, 0.4) is 0 Å². The molecule has 0 aromatic heterocycles. The fourth-order valence-electron chi connectivity index (χ4n) is 3.36. The quantitative estimate of drug-likeness (QED) is 0.537. The number of nitrogens with zero attached hydrogens (tertiary/aromatic N) is 1. The van der Waals surface area contributed by atoms with Crippen LogP contribution in [-0.2, 0) is 9.53 Å². The van der Waals surface area contributed by atoms with Gasteiger partial charge in [-0.15, -0.1) is 0 Å². The average Bonchev–Trinajstić information content (AvgIpc) is 3.33. The van der Waals surface area contributed by atoms with Crippen LogP contribution in [0.2, 0.25) is 0 Å². The number of likely N-dealkylation sites (tertiary alicyclic amines) is 1. The van der Waals surface area contributed by atoms with Crippen molar-refractivity contribution in [3.63, 3.8) is 0 Å². The topological polar surface area (TPSA) is 99.8 Å². The highest BCUT2D eigenvalue weighted by atomic mass is 16.5. The number of carbonyl (C=O) groups excluding carboxylic acids is 3. The molecule has 0 spiro atoms. The number of hydrogen-bond acceptors (Lipinski definition) is 5. The van der Waals surface area contributed by atoms with Crippen molar-refractivity contribution in [2.45, 2.75) is 12.8 Å². The van der Waals surface area contributed by atoms with E-state index in [1.165, 1.54) is 0 Å². The Labute approximate surface area is 182 Å². The maximum absolute atomic E-state index is 12.5. The lowest BCUT2D eigenvalue weighted by Gasteiger charge is -2.16. The molecule has 0 radical (unpaired) electrons. The van der Waals surface area contributed by atoms with E-state index in [-0.39, 0.29) is 24.3 Å². The molecule has 1 aliphatic rings. The van der Waals surface area contributed by atoms with E-state index in [4.69, 9.17) is 4.74 Å². The minimum Gasteiger partial charge on any atom is -0.383 e. The molecule has 1 fully saturated rings. The summed E-state index contributed by atoms with van der Waals surface area (Å²) in [5.74, 6) is -0.460. The standard InChI is InChI=1S/C23H28N4O4/c1-31-13-10-24-22(29)17-6-4-8-19(14-17)25-16-21(28)26-20-9-5-7-18(15-20)23(30)27-11-2-3-12-27/h4-9,14-15,25H,2-3,10-13,16H2,1H3,(H,24,29)(H,26,28). The molecule has 3 N–H and O–H groups in total. The molecular weight excluding hydrogens is 396 g/mol. The van der Waals surface area contributed by atoms with Gasteiger partial charge in [-0.25, -0.2) is 0 Å². The highest BCUT2D eigenvalue weighted by Gasteiger charge is 2.19. The van der Waals surface area contributed by atoms with E-state index >= 15 is 0 Å². The van der Waals surface area contributed by atoms with Crippen LogP contribution in [0.1, 0.15) is 33.6 Å². The fraction of sp³-hybridized carbons (Fsp3) is 0.348. The van der Waals surface area contributed by atoms with Gasteiger partial charge in [-0.3, -0.25) is 14.4 Å². The Morgan fingerprint density at radius 2 is 1.65 bits per heavy atom. The molecule has 3 amide bonds. The molecule has 0 unspecified atom stereocenters. The number of carbonyl (C=O) groups is 3. The molecule has 1 heterocycles. The van der Waals surface area contributed by atoms with Gasteiger partial charge < -0.3 is 25.6 Å². The molecule has 0 saturated carbocycles. The second kappa shape index (κ2) is 11.1. The largest absolute Gasteiger partial charge is 0.383 e. The summed E-state index contributed by atoms with van der Waals surface area (Å²) in [6.45, 7) is 2.45. The third kappa shape index (κ3) is 6.55. The van der Waals surface area contributed by atoms with Crippen LogP contribution >= 0.6 is 0 Å². The van der Waals surface area contributed by atoms with Crippen LogP contribution in [-0.4, -0.2) is 62.5 Å². The minimum atomic E-state index is -0.249. The Bertz CT molecular complexity index is 925. The van der Waals surface area contributed by atoms with Crippen molar-refractivity contribution >= 4 is 29.1 Å². The third-order valence-electron chi connectivity index (χ3n) is 4.96. The third-order valence-corrected chi connectivity index (χ3v) is 4.96. The SMILES string of the molecule is COCCNC(=O)c1cccc(NCC(=O)Nc2cccc(C(=O)N3CCCC3)c2)c1. The van der Waals surface area contributed by atoms with Gasteiger partial charge in [0.05, 0.1) is 13.2 Å². The number of anilines is 2. The van der Waals surface area contributed by atoms with Crippen molar-refractivity contribution in [2.75, 3.05) is 50.5 Å². The molecule has 164 valence electrons. The first-order valence-corrected chi connectivity index (χ1v) is 10.4. The van der Waals surface area contributed by atoms with Gasteiger partial charge in [0.2, 0.25) is 5.91 Å². The van der Waals surface area contributed by atoms with Gasteiger partial charge in [0.1, 0.15) is 0 Å². The highest BCUT2D eigenvalue weighted by Crippen LogP contribution is 2.16. The predicted molar refractivity (Wildman–Crippen MR) is 119 cm³/mol. The molecule has 2 aromatic rings. The van der Waals surface area contributed by atoms with Gasteiger partial charge in [0.15, 0.2) is 0 Å². The molecule has 0 atom stereocenters. The highest BCUT2D eigenvalue weighted by molar-refractivity contribution is 5.98. The number of amides is 3. The summed E-state index contributed by atoms with van der Waals surface area (Å²) in [4.78, 5) is 38.8. The molecule has 8 heteroatoms. The summed E-state index contributed by atoms with van der Waals surface area (Å²) in [5.41, 5.74) is 2.30. The van der Waals surface area contributed by atoms with E-state index in [9.17, 15) is 14.4 Å². The summed E-state index contributed by atoms with van der Waals surface area (Å²) in [6, 6.07) is 13.9. The zero-order chi connectivity index (χ0) is 22.1. The minimum absolute atomic E-state index is 0.00712. The summed E-state index contributed by atoms with van der Waals surface area (Å²) in [5, 5.41) is 8.58. The van der Waals surface area contributed by atoms with Gasteiger partial charge >= 0.3 is 0 Å². The van der Waals surface area contributed by atoms with Gasteiger partial charge in [0.25, 0.3) is 11.8 Å². The van der Waals surface area contributed by atoms with Crippen molar-refractivity contribution < 1.29 is 19.1 Å².